The van der Waals surface area contributed by atoms with Gasteiger partial charge in [-0.1, -0.05) is 19.3 Å². The molecule has 1 aliphatic carbocycles. The lowest BCUT2D eigenvalue weighted by Gasteiger charge is -2.35. The van der Waals surface area contributed by atoms with E-state index in [4.69, 9.17) is 11.5 Å². The van der Waals surface area contributed by atoms with Gasteiger partial charge in [0.25, 0.3) is 0 Å². The molecule has 0 aromatic heterocycles. The lowest BCUT2D eigenvalue weighted by molar-refractivity contribution is -0.137. The molecule has 1 unspecified atom stereocenters. The molecule has 0 aromatic rings. The third-order valence-corrected chi connectivity index (χ3v) is 3.38. The van der Waals surface area contributed by atoms with E-state index >= 15 is 0 Å². The minimum absolute atomic E-state index is 0.0674. The number of carbonyl (C=O) groups is 2. The molecule has 0 saturated heterocycles. The average molecular weight is 241 g/mol. The third-order valence-electron chi connectivity index (χ3n) is 3.38. The van der Waals surface area contributed by atoms with E-state index in [0.717, 1.165) is 12.8 Å². The summed E-state index contributed by atoms with van der Waals surface area (Å²) in [6, 6.07) is -0.491. The Kier molecular flexibility index (Phi) is 5.41. The lowest BCUT2D eigenvalue weighted by atomic mass is 9.93. The van der Waals surface area contributed by atoms with Gasteiger partial charge < -0.3 is 16.4 Å². The van der Waals surface area contributed by atoms with E-state index < -0.39 is 11.9 Å². The average Bonchev–Trinajstić information content (AvgIpc) is 2.30. The first-order valence-corrected chi connectivity index (χ1v) is 6.40. The SMILES string of the molecule is CCN(C(=O)C(N)CC(N)=O)C1CCCCC1. The van der Waals surface area contributed by atoms with E-state index in [1.54, 1.807) is 0 Å². The molecule has 98 valence electrons. The van der Waals surface area contributed by atoms with Gasteiger partial charge in [0.1, 0.15) is 0 Å². The Bertz CT molecular complexity index is 275. The molecule has 5 heteroatoms. The molecular formula is C12H23N3O2. The summed E-state index contributed by atoms with van der Waals surface area (Å²) in [7, 11) is 0. The van der Waals surface area contributed by atoms with Crippen LogP contribution < -0.4 is 11.5 Å². The van der Waals surface area contributed by atoms with Crippen LogP contribution in [0.15, 0.2) is 0 Å². The van der Waals surface area contributed by atoms with E-state index in [1.165, 1.54) is 19.3 Å². The topological polar surface area (TPSA) is 89.4 Å². The van der Waals surface area contributed by atoms with Crippen LogP contribution in [-0.4, -0.2) is 35.3 Å². The summed E-state index contributed by atoms with van der Waals surface area (Å²) in [6.07, 6.45) is 5.60. The molecule has 1 aliphatic rings. The predicted octanol–water partition coefficient (Wildman–Crippen LogP) is 0.370. The van der Waals surface area contributed by atoms with Gasteiger partial charge in [-0.3, -0.25) is 9.59 Å². The van der Waals surface area contributed by atoms with Crippen LogP contribution in [0.3, 0.4) is 0 Å². The normalized spacial score (nSPS) is 18.7. The quantitative estimate of drug-likeness (QED) is 0.728. The van der Waals surface area contributed by atoms with Gasteiger partial charge in [-0.15, -0.1) is 0 Å². The molecule has 0 spiro atoms. The fraction of sp³-hybridized carbons (Fsp3) is 0.833. The van der Waals surface area contributed by atoms with Crippen molar-refractivity contribution < 1.29 is 9.59 Å². The van der Waals surface area contributed by atoms with Crippen LogP contribution in [0.4, 0.5) is 0 Å². The van der Waals surface area contributed by atoms with E-state index in [0.29, 0.717) is 12.6 Å². The van der Waals surface area contributed by atoms with Gasteiger partial charge in [0, 0.05) is 12.6 Å². The maximum Gasteiger partial charge on any atom is 0.240 e. The second-order valence-corrected chi connectivity index (χ2v) is 4.69. The number of rotatable bonds is 5. The second-order valence-electron chi connectivity index (χ2n) is 4.69. The summed E-state index contributed by atoms with van der Waals surface area (Å²) < 4.78 is 0. The van der Waals surface area contributed by atoms with Crippen LogP contribution in [-0.2, 0) is 9.59 Å². The van der Waals surface area contributed by atoms with Crippen molar-refractivity contribution >= 4 is 11.8 Å². The molecular weight excluding hydrogens is 218 g/mol. The van der Waals surface area contributed by atoms with Gasteiger partial charge in [0.05, 0.1) is 12.5 Å². The van der Waals surface area contributed by atoms with Crippen molar-refractivity contribution in [3.8, 4) is 0 Å². The van der Waals surface area contributed by atoms with Crippen LogP contribution in [0.2, 0.25) is 0 Å². The zero-order valence-corrected chi connectivity index (χ0v) is 10.5. The van der Waals surface area contributed by atoms with Gasteiger partial charge >= 0.3 is 0 Å². The summed E-state index contributed by atoms with van der Waals surface area (Å²) in [5.41, 5.74) is 10.8. The predicted molar refractivity (Wildman–Crippen MR) is 66.0 cm³/mol. The van der Waals surface area contributed by atoms with Crippen LogP contribution in [0.5, 0.6) is 0 Å². The van der Waals surface area contributed by atoms with Gasteiger partial charge in [-0.05, 0) is 19.8 Å². The largest absolute Gasteiger partial charge is 0.370 e. The van der Waals surface area contributed by atoms with Crippen LogP contribution in [0.25, 0.3) is 0 Å². The molecule has 0 heterocycles. The smallest absolute Gasteiger partial charge is 0.240 e. The minimum atomic E-state index is -0.783. The van der Waals surface area contributed by atoms with E-state index in [1.807, 2.05) is 11.8 Å². The Morgan fingerprint density at radius 3 is 2.35 bits per heavy atom. The number of amides is 2. The number of nitrogens with zero attached hydrogens (tertiary/aromatic N) is 1. The fourth-order valence-corrected chi connectivity index (χ4v) is 2.50. The molecule has 0 aromatic carbocycles. The van der Waals surface area contributed by atoms with Crippen molar-refractivity contribution in [3.05, 3.63) is 0 Å². The number of nitrogens with two attached hydrogens (primary N) is 2. The Morgan fingerprint density at radius 2 is 1.88 bits per heavy atom. The number of hydrogen-bond donors (Lipinski definition) is 2. The zero-order chi connectivity index (χ0) is 12.8. The van der Waals surface area contributed by atoms with Crippen molar-refractivity contribution in [2.24, 2.45) is 11.5 Å². The number of likely N-dealkylation sites (N-methyl/N-ethyl adjacent to an activating group) is 1. The monoisotopic (exact) mass is 241 g/mol. The summed E-state index contributed by atoms with van der Waals surface area (Å²) in [5.74, 6) is -0.663. The summed E-state index contributed by atoms with van der Waals surface area (Å²) in [5, 5.41) is 0. The lowest BCUT2D eigenvalue weighted by Crippen LogP contribution is -2.50. The van der Waals surface area contributed by atoms with E-state index in [-0.39, 0.29) is 12.3 Å². The molecule has 1 atom stereocenters. The first-order valence-electron chi connectivity index (χ1n) is 6.40. The van der Waals surface area contributed by atoms with Crippen molar-refractivity contribution in [3.63, 3.8) is 0 Å². The Morgan fingerprint density at radius 1 is 1.29 bits per heavy atom. The molecule has 2 amide bonds. The highest BCUT2D eigenvalue weighted by molar-refractivity contribution is 5.87. The van der Waals surface area contributed by atoms with Crippen LogP contribution in [0, 0.1) is 0 Å². The first-order chi connectivity index (χ1) is 8.06. The fourth-order valence-electron chi connectivity index (χ4n) is 2.50. The molecule has 0 aliphatic heterocycles. The highest BCUT2D eigenvalue weighted by Crippen LogP contribution is 2.23. The highest BCUT2D eigenvalue weighted by atomic mass is 16.2. The third kappa shape index (κ3) is 4.00. The molecule has 4 N–H and O–H groups in total. The molecule has 1 rings (SSSR count). The van der Waals surface area contributed by atoms with Crippen molar-refractivity contribution in [1.82, 2.24) is 4.90 Å². The highest BCUT2D eigenvalue weighted by Gasteiger charge is 2.28. The maximum atomic E-state index is 12.1. The zero-order valence-electron chi connectivity index (χ0n) is 10.5. The van der Waals surface area contributed by atoms with Gasteiger partial charge in [0.2, 0.25) is 11.8 Å². The van der Waals surface area contributed by atoms with E-state index in [9.17, 15) is 9.59 Å². The van der Waals surface area contributed by atoms with Crippen molar-refractivity contribution in [2.45, 2.75) is 57.5 Å². The number of hydrogen-bond acceptors (Lipinski definition) is 3. The van der Waals surface area contributed by atoms with Gasteiger partial charge in [0.15, 0.2) is 0 Å². The standard InChI is InChI=1S/C12H23N3O2/c1-2-15(9-6-4-3-5-7-9)12(17)10(13)8-11(14)16/h9-10H,2-8,13H2,1H3,(H2,14,16). The Balaban J connectivity index is 2.58. The maximum absolute atomic E-state index is 12.1. The van der Waals surface area contributed by atoms with Crippen molar-refractivity contribution in [2.75, 3.05) is 6.54 Å². The molecule has 0 bridgehead atoms. The van der Waals surface area contributed by atoms with Crippen molar-refractivity contribution in [1.29, 1.82) is 0 Å². The van der Waals surface area contributed by atoms with Gasteiger partial charge in [-0.2, -0.15) is 0 Å². The molecule has 17 heavy (non-hydrogen) atoms. The Hall–Kier alpha value is -1.10. The molecule has 1 saturated carbocycles. The molecule has 0 radical (unpaired) electrons. The summed E-state index contributed by atoms with van der Waals surface area (Å²) >= 11 is 0. The van der Waals surface area contributed by atoms with E-state index in [2.05, 4.69) is 0 Å². The second kappa shape index (κ2) is 6.59. The summed E-state index contributed by atoms with van der Waals surface area (Å²) in [4.78, 5) is 24.7. The number of carbonyl (C=O) groups excluding carboxylic acids is 2. The summed E-state index contributed by atoms with van der Waals surface area (Å²) in [6.45, 7) is 2.60. The van der Waals surface area contributed by atoms with Crippen LogP contribution >= 0.6 is 0 Å². The molecule has 5 nitrogen and oxygen atoms in total. The van der Waals surface area contributed by atoms with Gasteiger partial charge in [-0.25, -0.2) is 0 Å². The minimum Gasteiger partial charge on any atom is -0.370 e. The number of primary amides is 1. The first kappa shape index (κ1) is 14.0. The molecule has 1 fully saturated rings. The Labute approximate surface area is 103 Å². The van der Waals surface area contributed by atoms with Crippen LogP contribution in [0.1, 0.15) is 45.4 Å².